The quantitative estimate of drug-likeness (QED) is 0.617. The third kappa shape index (κ3) is 1.48. The van der Waals surface area contributed by atoms with Crippen molar-refractivity contribution in [2.24, 2.45) is 5.92 Å². The Morgan fingerprint density at radius 1 is 1.07 bits per heavy atom. The Kier molecular flexibility index (Phi) is 2.28. The van der Waals surface area contributed by atoms with Gasteiger partial charge in [-0.3, -0.25) is 0 Å². The number of hydrogen-bond acceptors (Lipinski definition) is 0. The molecule has 3 unspecified atom stereocenters. The summed E-state index contributed by atoms with van der Waals surface area (Å²) in [5.74, 6) is 2.56. The molecule has 0 amide bonds. The molecular weight excluding hydrogens is 188 g/mol. The summed E-state index contributed by atoms with van der Waals surface area (Å²) >= 11 is 0. The highest BCUT2D eigenvalue weighted by Gasteiger charge is 2.45. The number of rotatable bonds is 1. The van der Waals surface area contributed by atoms with Crippen LogP contribution in [0.2, 0.25) is 0 Å². The van der Waals surface area contributed by atoms with Gasteiger partial charge in [0.05, 0.1) is 0 Å². The van der Waals surface area contributed by atoms with E-state index in [4.69, 9.17) is 0 Å². The van der Waals surface area contributed by atoms with E-state index in [1.807, 2.05) is 0 Å². The zero-order valence-electron chi connectivity index (χ0n) is 8.49. The Hall–Kier alpha value is -0.430. The molecule has 14 heavy (non-hydrogen) atoms. The van der Waals surface area contributed by atoms with E-state index in [2.05, 4.69) is 30.3 Å². The Bertz CT molecular complexity index is 306. The molecule has 1 saturated heterocycles. The molecule has 74 valence electrons. The van der Waals surface area contributed by atoms with Gasteiger partial charge >= 0.3 is 0 Å². The highest BCUT2D eigenvalue weighted by Crippen LogP contribution is 2.41. The summed E-state index contributed by atoms with van der Waals surface area (Å²) in [5, 5.41) is 1.04. The molecule has 3 rings (SSSR count). The summed E-state index contributed by atoms with van der Waals surface area (Å²) in [6, 6.07) is 11.2. The lowest BCUT2D eigenvalue weighted by atomic mass is 9.91. The van der Waals surface area contributed by atoms with E-state index in [1.165, 1.54) is 31.4 Å². The van der Waals surface area contributed by atoms with Gasteiger partial charge in [-0.05, 0) is 31.4 Å². The van der Waals surface area contributed by atoms with Gasteiger partial charge in [0.1, 0.15) is 11.0 Å². The lowest BCUT2D eigenvalue weighted by molar-refractivity contribution is 0.422. The number of benzene rings is 1. The lowest BCUT2D eigenvalue weighted by Gasteiger charge is -2.13. The molecule has 2 aliphatic rings. The minimum Gasteiger partial charge on any atom is -0.0619 e. The second-order valence-corrected chi connectivity index (χ2v) is 6.89. The fraction of sp³-hybridized carbons (Fsp3) is 0.538. The Morgan fingerprint density at radius 3 is 2.71 bits per heavy atom. The van der Waals surface area contributed by atoms with Gasteiger partial charge in [-0.25, -0.2) is 0 Å². The Morgan fingerprint density at radius 2 is 1.93 bits per heavy atom. The van der Waals surface area contributed by atoms with Crippen molar-refractivity contribution in [2.75, 3.05) is 5.75 Å². The monoisotopic (exact) mass is 205 g/mol. The zero-order valence-corrected chi connectivity index (χ0v) is 9.30. The van der Waals surface area contributed by atoms with Gasteiger partial charge in [0.2, 0.25) is 0 Å². The molecule has 1 heterocycles. The summed E-state index contributed by atoms with van der Waals surface area (Å²) in [5.41, 5.74) is 0. The van der Waals surface area contributed by atoms with Gasteiger partial charge in [-0.1, -0.05) is 18.2 Å². The van der Waals surface area contributed by atoms with Crippen LogP contribution in [0.4, 0.5) is 0 Å². The van der Waals surface area contributed by atoms with Crippen molar-refractivity contribution < 1.29 is 0 Å². The Balaban J connectivity index is 1.86. The minimum atomic E-state index is 0.604. The molecule has 1 aliphatic carbocycles. The third-order valence-electron chi connectivity index (χ3n) is 3.60. The maximum absolute atomic E-state index is 2.34. The van der Waals surface area contributed by atoms with E-state index in [9.17, 15) is 0 Å². The fourth-order valence-electron chi connectivity index (χ4n) is 2.93. The van der Waals surface area contributed by atoms with Crippen molar-refractivity contribution in [3.63, 3.8) is 0 Å². The zero-order chi connectivity index (χ0) is 9.38. The van der Waals surface area contributed by atoms with Crippen LogP contribution in [-0.4, -0.2) is 11.0 Å². The number of hydrogen-bond donors (Lipinski definition) is 0. The molecule has 3 atom stereocenters. The molecule has 1 aliphatic heterocycles. The van der Waals surface area contributed by atoms with E-state index in [0.717, 1.165) is 11.2 Å². The fourth-order valence-corrected chi connectivity index (χ4v) is 6.05. The van der Waals surface area contributed by atoms with Crippen molar-refractivity contribution in [1.29, 1.82) is 0 Å². The van der Waals surface area contributed by atoms with Crippen molar-refractivity contribution in [3.8, 4) is 0 Å². The van der Waals surface area contributed by atoms with Crippen LogP contribution in [0, 0.1) is 5.92 Å². The normalized spacial score (nSPS) is 35.9. The van der Waals surface area contributed by atoms with Gasteiger partial charge in [0, 0.05) is 23.2 Å². The van der Waals surface area contributed by atoms with E-state index < -0.39 is 0 Å². The second-order valence-electron chi connectivity index (χ2n) is 4.56. The highest BCUT2D eigenvalue weighted by atomic mass is 32.2. The maximum atomic E-state index is 2.34. The Labute approximate surface area is 89.1 Å². The van der Waals surface area contributed by atoms with Gasteiger partial charge in [0.15, 0.2) is 4.90 Å². The summed E-state index contributed by atoms with van der Waals surface area (Å²) in [7, 11) is 0.604. The molecule has 0 spiro atoms. The largest absolute Gasteiger partial charge is 0.155 e. The maximum Gasteiger partial charge on any atom is 0.155 e. The first kappa shape index (κ1) is 8.84. The standard InChI is InChI=1S/C13H17S/c1-2-6-12(7-3-1)14-10-11-5-4-8-13(14)9-11/h1-3,6-7,11,13H,4-5,8-10H2/q+1. The molecule has 0 radical (unpaired) electrons. The molecule has 2 bridgehead atoms. The summed E-state index contributed by atoms with van der Waals surface area (Å²) in [6.45, 7) is 0. The van der Waals surface area contributed by atoms with Crippen molar-refractivity contribution in [3.05, 3.63) is 30.3 Å². The average molecular weight is 205 g/mol. The van der Waals surface area contributed by atoms with Crippen molar-refractivity contribution >= 4 is 10.9 Å². The van der Waals surface area contributed by atoms with E-state index in [1.54, 1.807) is 4.90 Å². The molecule has 1 saturated carbocycles. The molecule has 0 N–H and O–H groups in total. The van der Waals surface area contributed by atoms with Gasteiger partial charge in [0.25, 0.3) is 0 Å². The van der Waals surface area contributed by atoms with E-state index in [-0.39, 0.29) is 0 Å². The molecule has 0 aromatic heterocycles. The lowest BCUT2D eigenvalue weighted by Crippen LogP contribution is -2.16. The van der Waals surface area contributed by atoms with Crippen LogP contribution in [0.1, 0.15) is 25.7 Å². The van der Waals surface area contributed by atoms with Gasteiger partial charge < -0.3 is 0 Å². The topological polar surface area (TPSA) is 0 Å². The van der Waals surface area contributed by atoms with Gasteiger partial charge in [-0.15, -0.1) is 0 Å². The first-order valence-corrected chi connectivity index (χ1v) is 7.14. The van der Waals surface area contributed by atoms with Crippen LogP contribution in [-0.2, 0) is 10.9 Å². The first-order valence-electron chi connectivity index (χ1n) is 5.68. The molecule has 2 fully saturated rings. The van der Waals surface area contributed by atoms with Crippen LogP contribution in [0.15, 0.2) is 35.2 Å². The summed E-state index contributed by atoms with van der Waals surface area (Å²) in [4.78, 5) is 1.63. The molecule has 1 aromatic carbocycles. The molecule has 0 nitrogen and oxygen atoms in total. The van der Waals surface area contributed by atoms with Crippen molar-refractivity contribution in [2.45, 2.75) is 35.8 Å². The molecular formula is C13H17S+. The van der Waals surface area contributed by atoms with Crippen molar-refractivity contribution in [1.82, 2.24) is 0 Å². The van der Waals surface area contributed by atoms with Crippen LogP contribution in [0.5, 0.6) is 0 Å². The van der Waals surface area contributed by atoms with Crippen LogP contribution in [0.3, 0.4) is 0 Å². The molecule has 1 heteroatoms. The SMILES string of the molecule is c1ccc([S+]2CC3CCCC2C3)cc1. The number of fused-ring (bicyclic) bond motifs is 2. The second kappa shape index (κ2) is 3.62. The third-order valence-corrected chi connectivity index (χ3v) is 6.54. The predicted octanol–water partition coefficient (Wildman–Crippen LogP) is 3.24. The van der Waals surface area contributed by atoms with Crippen LogP contribution < -0.4 is 0 Å². The minimum absolute atomic E-state index is 0.604. The van der Waals surface area contributed by atoms with Gasteiger partial charge in [-0.2, -0.15) is 0 Å². The van der Waals surface area contributed by atoms with E-state index in [0.29, 0.717) is 10.9 Å². The van der Waals surface area contributed by atoms with Crippen LogP contribution >= 0.6 is 0 Å². The summed E-state index contributed by atoms with van der Waals surface area (Å²) in [6.07, 6.45) is 6.02. The van der Waals surface area contributed by atoms with Crippen LogP contribution in [0.25, 0.3) is 0 Å². The first-order chi connectivity index (χ1) is 6.93. The molecule has 1 aromatic rings. The average Bonchev–Trinajstić information content (AvgIpc) is 2.55. The summed E-state index contributed by atoms with van der Waals surface area (Å²) < 4.78 is 0. The predicted molar refractivity (Wildman–Crippen MR) is 62.7 cm³/mol. The highest BCUT2D eigenvalue weighted by molar-refractivity contribution is 7.97. The van der Waals surface area contributed by atoms with E-state index >= 15 is 0 Å². The smallest absolute Gasteiger partial charge is 0.0619 e.